The number of nitrogens with one attached hydrogen (secondary N) is 2. The Labute approximate surface area is 155 Å². The summed E-state index contributed by atoms with van der Waals surface area (Å²) in [4.78, 5) is 12.4. The van der Waals surface area contributed by atoms with E-state index in [0.29, 0.717) is 11.3 Å². The summed E-state index contributed by atoms with van der Waals surface area (Å²) < 4.78 is 5.07. The van der Waals surface area contributed by atoms with Gasteiger partial charge in [0, 0.05) is 21.8 Å². The SMILES string of the molecule is CCOC(=O)C(Nc1ccc(C(=N)N)cc1)c1cc(Cl)cc(Cl)c1O. The lowest BCUT2D eigenvalue weighted by Crippen LogP contribution is -2.23. The minimum atomic E-state index is -1.01. The van der Waals surface area contributed by atoms with E-state index < -0.39 is 12.0 Å². The van der Waals surface area contributed by atoms with E-state index >= 15 is 0 Å². The fourth-order valence-corrected chi connectivity index (χ4v) is 2.72. The molecule has 1 unspecified atom stereocenters. The minimum Gasteiger partial charge on any atom is -0.506 e. The number of amidine groups is 1. The molecule has 0 aliphatic heterocycles. The van der Waals surface area contributed by atoms with Crippen molar-refractivity contribution >= 4 is 40.7 Å². The van der Waals surface area contributed by atoms with Crippen LogP contribution in [-0.4, -0.2) is 23.5 Å². The Hall–Kier alpha value is -2.44. The first kappa shape index (κ1) is 18.9. The summed E-state index contributed by atoms with van der Waals surface area (Å²) in [7, 11) is 0. The van der Waals surface area contributed by atoms with Gasteiger partial charge in [0.05, 0.1) is 11.6 Å². The van der Waals surface area contributed by atoms with E-state index in [1.54, 1.807) is 31.2 Å². The maximum Gasteiger partial charge on any atom is 0.333 e. The largest absolute Gasteiger partial charge is 0.506 e. The van der Waals surface area contributed by atoms with Crippen molar-refractivity contribution in [1.82, 2.24) is 0 Å². The summed E-state index contributed by atoms with van der Waals surface area (Å²) >= 11 is 11.9. The van der Waals surface area contributed by atoms with Crippen LogP contribution in [0.5, 0.6) is 5.75 Å². The highest BCUT2D eigenvalue weighted by molar-refractivity contribution is 6.35. The summed E-state index contributed by atoms with van der Waals surface area (Å²) in [5, 5.41) is 20.9. The number of phenols is 1. The molecule has 2 aromatic rings. The molecular weight excluding hydrogens is 365 g/mol. The molecule has 8 heteroatoms. The molecule has 0 saturated heterocycles. The van der Waals surface area contributed by atoms with Gasteiger partial charge in [0.2, 0.25) is 0 Å². The van der Waals surface area contributed by atoms with Crippen molar-refractivity contribution in [2.75, 3.05) is 11.9 Å². The fraction of sp³-hybridized carbons (Fsp3) is 0.176. The van der Waals surface area contributed by atoms with Crippen LogP contribution in [0, 0.1) is 5.41 Å². The minimum absolute atomic E-state index is 0.0329. The highest BCUT2D eigenvalue weighted by Gasteiger charge is 2.26. The van der Waals surface area contributed by atoms with Gasteiger partial charge in [-0.2, -0.15) is 0 Å². The van der Waals surface area contributed by atoms with Crippen LogP contribution in [0.25, 0.3) is 0 Å². The van der Waals surface area contributed by atoms with Gasteiger partial charge in [-0.05, 0) is 43.3 Å². The van der Waals surface area contributed by atoms with Gasteiger partial charge in [0.15, 0.2) is 6.04 Å². The van der Waals surface area contributed by atoms with Crippen molar-refractivity contribution in [1.29, 1.82) is 5.41 Å². The number of benzene rings is 2. The normalized spacial score (nSPS) is 11.6. The Balaban J connectivity index is 2.40. The zero-order valence-corrected chi connectivity index (χ0v) is 14.9. The summed E-state index contributed by atoms with van der Waals surface area (Å²) in [5.41, 5.74) is 6.74. The van der Waals surface area contributed by atoms with E-state index in [0.717, 1.165) is 0 Å². The lowest BCUT2D eigenvalue weighted by Gasteiger charge is -2.20. The van der Waals surface area contributed by atoms with E-state index in [2.05, 4.69) is 5.32 Å². The van der Waals surface area contributed by atoms with Crippen LogP contribution in [0.15, 0.2) is 36.4 Å². The third kappa shape index (κ3) is 4.55. The van der Waals surface area contributed by atoms with Crippen molar-refractivity contribution in [2.24, 2.45) is 5.73 Å². The second-order valence-corrected chi connectivity index (χ2v) is 5.99. The van der Waals surface area contributed by atoms with E-state index in [-0.39, 0.29) is 33.8 Å². The first-order chi connectivity index (χ1) is 11.8. The molecule has 0 bridgehead atoms. The smallest absolute Gasteiger partial charge is 0.333 e. The van der Waals surface area contributed by atoms with Gasteiger partial charge in [-0.25, -0.2) is 4.79 Å². The fourth-order valence-electron chi connectivity index (χ4n) is 2.21. The van der Waals surface area contributed by atoms with Crippen molar-refractivity contribution in [3.05, 3.63) is 57.6 Å². The number of rotatable bonds is 6. The van der Waals surface area contributed by atoms with E-state index in [9.17, 15) is 9.90 Å². The zero-order valence-electron chi connectivity index (χ0n) is 13.3. The number of esters is 1. The van der Waals surface area contributed by atoms with Gasteiger partial charge >= 0.3 is 5.97 Å². The number of nitrogen functional groups attached to an aromatic ring is 1. The Bertz CT molecular complexity index is 794. The Morgan fingerprint density at radius 2 is 1.96 bits per heavy atom. The second-order valence-electron chi connectivity index (χ2n) is 5.15. The molecule has 2 rings (SSSR count). The van der Waals surface area contributed by atoms with Crippen LogP contribution in [-0.2, 0) is 9.53 Å². The molecule has 0 aromatic heterocycles. The Kier molecular flexibility index (Phi) is 6.12. The van der Waals surface area contributed by atoms with Gasteiger partial charge in [-0.1, -0.05) is 23.2 Å². The van der Waals surface area contributed by atoms with Crippen LogP contribution in [0.2, 0.25) is 10.0 Å². The molecule has 0 fully saturated rings. The number of aromatic hydroxyl groups is 1. The molecule has 0 aliphatic rings. The van der Waals surface area contributed by atoms with Crippen molar-refractivity contribution in [2.45, 2.75) is 13.0 Å². The van der Waals surface area contributed by atoms with E-state index in [4.69, 9.17) is 39.1 Å². The monoisotopic (exact) mass is 381 g/mol. The van der Waals surface area contributed by atoms with Crippen molar-refractivity contribution in [3.63, 3.8) is 0 Å². The second kappa shape index (κ2) is 8.09. The molecule has 0 aliphatic carbocycles. The van der Waals surface area contributed by atoms with Crippen LogP contribution in [0.4, 0.5) is 5.69 Å². The molecule has 0 heterocycles. The van der Waals surface area contributed by atoms with Gasteiger partial charge in [0.1, 0.15) is 11.6 Å². The van der Waals surface area contributed by atoms with Crippen LogP contribution >= 0.6 is 23.2 Å². The zero-order chi connectivity index (χ0) is 18.6. The van der Waals surface area contributed by atoms with Gasteiger partial charge in [-0.3, -0.25) is 5.41 Å². The van der Waals surface area contributed by atoms with Crippen LogP contribution in [0.3, 0.4) is 0 Å². The number of ether oxygens (including phenoxy) is 1. The molecule has 5 N–H and O–H groups in total. The number of halogens is 2. The Morgan fingerprint density at radius 3 is 2.52 bits per heavy atom. The first-order valence-corrected chi connectivity index (χ1v) is 8.14. The number of carbonyl (C=O) groups is 1. The highest BCUT2D eigenvalue weighted by Crippen LogP contribution is 2.36. The predicted molar refractivity (Wildman–Crippen MR) is 98.6 cm³/mol. The molecular formula is C17H17Cl2N3O3. The van der Waals surface area contributed by atoms with Crippen molar-refractivity contribution < 1.29 is 14.6 Å². The molecule has 0 amide bonds. The molecule has 6 nitrogen and oxygen atoms in total. The first-order valence-electron chi connectivity index (χ1n) is 7.39. The third-order valence-corrected chi connectivity index (χ3v) is 3.90. The maximum absolute atomic E-state index is 12.4. The standard InChI is InChI=1S/C17H17Cl2N3O3/c1-2-25-17(24)14(12-7-10(18)8-13(19)15(12)23)22-11-5-3-9(4-6-11)16(20)21/h3-8,14,22-23H,2H2,1H3,(H3,20,21). The van der Waals surface area contributed by atoms with Gasteiger partial charge < -0.3 is 20.9 Å². The molecule has 25 heavy (non-hydrogen) atoms. The third-order valence-electron chi connectivity index (χ3n) is 3.40. The number of hydrogen-bond acceptors (Lipinski definition) is 5. The summed E-state index contributed by atoms with van der Waals surface area (Å²) in [6.07, 6.45) is 0. The molecule has 0 saturated carbocycles. The molecule has 0 radical (unpaired) electrons. The topological polar surface area (TPSA) is 108 Å². The van der Waals surface area contributed by atoms with Crippen molar-refractivity contribution in [3.8, 4) is 5.75 Å². The highest BCUT2D eigenvalue weighted by atomic mass is 35.5. The number of anilines is 1. The predicted octanol–water partition coefficient (Wildman–Crippen LogP) is 3.70. The quantitative estimate of drug-likeness (QED) is 0.346. The summed E-state index contributed by atoms with van der Waals surface area (Å²) in [5.74, 6) is -0.906. The number of hydrogen-bond donors (Lipinski definition) is 4. The molecule has 132 valence electrons. The molecule has 2 aromatic carbocycles. The molecule has 1 atom stereocenters. The maximum atomic E-state index is 12.4. The van der Waals surface area contributed by atoms with Crippen LogP contribution < -0.4 is 11.1 Å². The lowest BCUT2D eigenvalue weighted by atomic mass is 10.0. The number of phenolic OH excluding ortho intramolecular Hbond substituents is 1. The average molecular weight is 382 g/mol. The Morgan fingerprint density at radius 1 is 1.32 bits per heavy atom. The average Bonchev–Trinajstić information content (AvgIpc) is 2.56. The molecule has 0 spiro atoms. The van der Waals surface area contributed by atoms with E-state index in [1.165, 1.54) is 12.1 Å². The lowest BCUT2D eigenvalue weighted by molar-refractivity contribution is -0.144. The summed E-state index contributed by atoms with van der Waals surface area (Å²) in [6, 6.07) is 8.40. The summed E-state index contributed by atoms with van der Waals surface area (Å²) in [6.45, 7) is 1.86. The number of nitrogens with two attached hydrogens (primary N) is 1. The number of carbonyl (C=O) groups excluding carboxylic acids is 1. The van der Waals surface area contributed by atoms with E-state index in [1.807, 2.05) is 0 Å². The van der Waals surface area contributed by atoms with Gasteiger partial charge in [-0.15, -0.1) is 0 Å². The van der Waals surface area contributed by atoms with Crippen LogP contribution in [0.1, 0.15) is 24.1 Å². The van der Waals surface area contributed by atoms with Gasteiger partial charge in [0.25, 0.3) is 0 Å².